The summed E-state index contributed by atoms with van der Waals surface area (Å²) in [5.74, 6) is 1.51. The molecule has 2 aliphatic rings. The molecule has 1 fully saturated rings. The van der Waals surface area contributed by atoms with Crippen molar-refractivity contribution in [3.63, 3.8) is 0 Å². The summed E-state index contributed by atoms with van der Waals surface area (Å²) in [6, 6.07) is 12.1. The van der Waals surface area contributed by atoms with Crippen LogP contribution < -0.4 is 4.74 Å². The lowest BCUT2D eigenvalue weighted by Crippen LogP contribution is -2.45. The number of ether oxygens (including phenoxy) is 1. The molecular weight excluding hydrogens is 313 g/mol. The number of hydrogen-bond donors (Lipinski definition) is 0. The topological polar surface area (TPSA) is 12.5 Å². The standard InChI is InChI=1S/C22H26FNO/c1-15-8-9-18-19-7-4-12-24(14-16-5-3-6-17(23)13-16)21(19)11-10-20(18)22(15)25-2/h3,5-6,8-9,13,19,21H,4,7,10-12,14H2,1-2H3/t19-,21-/m1/s1. The van der Waals surface area contributed by atoms with E-state index in [9.17, 15) is 4.39 Å². The minimum atomic E-state index is -0.139. The first kappa shape index (κ1) is 16.6. The van der Waals surface area contributed by atoms with Gasteiger partial charge in [0.15, 0.2) is 0 Å². The molecule has 0 amide bonds. The highest BCUT2D eigenvalue weighted by atomic mass is 19.1. The van der Waals surface area contributed by atoms with Gasteiger partial charge in [-0.15, -0.1) is 0 Å². The Morgan fingerprint density at radius 3 is 2.88 bits per heavy atom. The van der Waals surface area contributed by atoms with Gasteiger partial charge in [-0.3, -0.25) is 4.90 Å². The van der Waals surface area contributed by atoms with Crippen LogP contribution in [0, 0.1) is 12.7 Å². The van der Waals surface area contributed by atoms with Gasteiger partial charge in [0.25, 0.3) is 0 Å². The van der Waals surface area contributed by atoms with Gasteiger partial charge in [-0.2, -0.15) is 0 Å². The highest BCUT2D eigenvalue weighted by Gasteiger charge is 2.37. The van der Waals surface area contributed by atoms with Crippen LogP contribution in [0.4, 0.5) is 4.39 Å². The maximum Gasteiger partial charge on any atom is 0.125 e. The van der Waals surface area contributed by atoms with Gasteiger partial charge in [0.2, 0.25) is 0 Å². The van der Waals surface area contributed by atoms with Crippen LogP contribution in [0.25, 0.3) is 0 Å². The molecule has 0 saturated carbocycles. The first-order valence-electron chi connectivity index (χ1n) is 9.32. The second-order valence-electron chi connectivity index (χ2n) is 7.44. The molecule has 4 rings (SSSR count). The third-order valence-corrected chi connectivity index (χ3v) is 5.96. The SMILES string of the molecule is COc1c(C)ccc2c1CC[C@@H]1[C@@H]2CCCN1Cc1cccc(F)c1. The molecule has 2 aromatic rings. The molecule has 2 aromatic carbocycles. The van der Waals surface area contributed by atoms with Gasteiger partial charge in [0.05, 0.1) is 7.11 Å². The van der Waals surface area contributed by atoms with Crippen LogP contribution in [0.2, 0.25) is 0 Å². The molecule has 2 nitrogen and oxygen atoms in total. The molecule has 0 aromatic heterocycles. The van der Waals surface area contributed by atoms with E-state index in [0.717, 1.165) is 37.2 Å². The van der Waals surface area contributed by atoms with Crippen molar-refractivity contribution in [2.24, 2.45) is 0 Å². The summed E-state index contributed by atoms with van der Waals surface area (Å²) < 4.78 is 19.2. The van der Waals surface area contributed by atoms with Crippen LogP contribution in [-0.2, 0) is 13.0 Å². The normalized spacial score (nSPS) is 23.0. The summed E-state index contributed by atoms with van der Waals surface area (Å²) in [5, 5.41) is 0. The van der Waals surface area contributed by atoms with Gasteiger partial charge in [0, 0.05) is 12.6 Å². The van der Waals surface area contributed by atoms with Gasteiger partial charge < -0.3 is 4.74 Å². The Morgan fingerprint density at radius 1 is 1.20 bits per heavy atom. The van der Waals surface area contributed by atoms with Crippen LogP contribution in [0.1, 0.15) is 47.4 Å². The summed E-state index contributed by atoms with van der Waals surface area (Å²) in [4.78, 5) is 2.57. The Morgan fingerprint density at radius 2 is 2.08 bits per heavy atom. The molecule has 25 heavy (non-hydrogen) atoms. The molecule has 3 heteroatoms. The van der Waals surface area contributed by atoms with Crippen LogP contribution in [0.15, 0.2) is 36.4 Å². The molecule has 1 saturated heterocycles. The number of hydrogen-bond acceptors (Lipinski definition) is 2. The van der Waals surface area contributed by atoms with Crippen LogP contribution in [0.3, 0.4) is 0 Å². The minimum absolute atomic E-state index is 0.139. The van der Waals surface area contributed by atoms with Gasteiger partial charge in [-0.1, -0.05) is 24.3 Å². The van der Waals surface area contributed by atoms with E-state index in [-0.39, 0.29) is 5.82 Å². The van der Waals surface area contributed by atoms with E-state index in [1.165, 1.54) is 35.6 Å². The predicted octanol–water partition coefficient (Wildman–Crippen LogP) is 4.84. The zero-order valence-electron chi connectivity index (χ0n) is 15.1. The predicted molar refractivity (Wildman–Crippen MR) is 98.6 cm³/mol. The number of benzene rings is 2. The third-order valence-electron chi connectivity index (χ3n) is 5.96. The number of aryl methyl sites for hydroxylation is 1. The van der Waals surface area contributed by atoms with Crippen molar-refractivity contribution < 1.29 is 9.13 Å². The van der Waals surface area contributed by atoms with Crippen molar-refractivity contribution in [3.8, 4) is 5.75 Å². The minimum Gasteiger partial charge on any atom is -0.496 e. The molecule has 0 spiro atoms. The Kier molecular flexibility index (Phi) is 4.51. The molecule has 2 atom stereocenters. The molecule has 0 N–H and O–H groups in total. The van der Waals surface area contributed by atoms with Gasteiger partial charge in [0.1, 0.15) is 11.6 Å². The lowest BCUT2D eigenvalue weighted by Gasteiger charge is -2.45. The number of fused-ring (bicyclic) bond motifs is 3. The fourth-order valence-electron chi connectivity index (χ4n) is 4.88. The van der Waals surface area contributed by atoms with Crippen molar-refractivity contribution >= 4 is 0 Å². The van der Waals surface area contributed by atoms with E-state index in [4.69, 9.17) is 4.74 Å². The number of nitrogens with zero attached hydrogens (tertiary/aromatic N) is 1. The quantitative estimate of drug-likeness (QED) is 0.793. The zero-order valence-corrected chi connectivity index (χ0v) is 15.1. The zero-order chi connectivity index (χ0) is 17.4. The van der Waals surface area contributed by atoms with Crippen molar-refractivity contribution in [2.75, 3.05) is 13.7 Å². The lowest BCUT2D eigenvalue weighted by atomic mass is 9.73. The van der Waals surface area contributed by atoms with E-state index in [1.807, 2.05) is 12.1 Å². The average Bonchev–Trinajstić information content (AvgIpc) is 2.61. The van der Waals surface area contributed by atoms with Crippen molar-refractivity contribution in [1.29, 1.82) is 0 Å². The van der Waals surface area contributed by atoms with Gasteiger partial charge in [-0.25, -0.2) is 4.39 Å². The van der Waals surface area contributed by atoms with Crippen molar-refractivity contribution in [2.45, 2.75) is 51.1 Å². The Hall–Kier alpha value is -1.87. The number of piperidine rings is 1. The van der Waals surface area contributed by atoms with Crippen LogP contribution in [-0.4, -0.2) is 24.6 Å². The molecule has 1 heterocycles. The molecule has 1 aliphatic carbocycles. The first-order chi connectivity index (χ1) is 12.2. The largest absolute Gasteiger partial charge is 0.496 e. The number of methoxy groups -OCH3 is 1. The van der Waals surface area contributed by atoms with Crippen molar-refractivity contribution in [3.05, 3.63) is 64.5 Å². The first-order valence-corrected chi connectivity index (χ1v) is 9.32. The Labute approximate surface area is 149 Å². The van der Waals surface area contributed by atoms with E-state index in [2.05, 4.69) is 24.0 Å². The molecule has 1 aliphatic heterocycles. The third kappa shape index (κ3) is 3.06. The van der Waals surface area contributed by atoms with Crippen molar-refractivity contribution in [1.82, 2.24) is 4.90 Å². The smallest absolute Gasteiger partial charge is 0.125 e. The number of halogens is 1. The van der Waals surface area contributed by atoms with Crippen LogP contribution >= 0.6 is 0 Å². The molecule has 0 unspecified atom stereocenters. The molecule has 132 valence electrons. The Balaban J connectivity index is 1.62. The number of rotatable bonds is 3. The summed E-state index contributed by atoms with van der Waals surface area (Å²) in [6.45, 7) is 4.08. The highest BCUT2D eigenvalue weighted by Crippen LogP contribution is 2.44. The second kappa shape index (κ2) is 6.80. The summed E-state index contributed by atoms with van der Waals surface area (Å²) in [5.41, 5.74) is 5.19. The molecule has 0 radical (unpaired) electrons. The second-order valence-corrected chi connectivity index (χ2v) is 7.44. The molecular formula is C22H26FNO. The fourth-order valence-corrected chi connectivity index (χ4v) is 4.88. The summed E-state index contributed by atoms with van der Waals surface area (Å²) in [6.07, 6.45) is 4.67. The lowest BCUT2D eigenvalue weighted by molar-refractivity contribution is 0.104. The highest BCUT2D eigenvalue weighted by molar-refractivity contribution is 5.49. The van der Waals surface area contributed by atoms with Gasteiger partial charge in [-0.05, 0) is 79.5 Å². The molecule has 0 bridgehead atoms. The van der Waals surface area contributed by atoms with E-state index in [1.54, 1.807) is 13.2 Å². The summed E-state index contributed by atoms with van der Waals surface area (Å²) in [7, 11) is 1.78. The Bertz CT molecular complexity index is 773. The monoisotopic (exact) mass is 339 g/mol. The average molecular weight is 339 g/mol. The fraction of sp³-hybridized carbons (Fsp3) is 0.455. The van der Waals surface area contributed by atoms with E-state index in [0.29, 0.717) is 12.0 Å². The maximum atomic E-state index is 13.5. The van der Waals surface area contributed by atoms with Crippen LogP contribution in [0.5, 0.6) is 5.75 Å². The van der Waals surface area contributed by atoms with E-state index < -0.39 is 0 Å². The summed E-state index contributed by atoms with van der Waals surface area (Å²) >= 11 is 0. The number of likely N-dealkylation sites (tertiary alicyclic amines) is 1. The van der Waals surface area contributed by atoms with Gasteiger partial charge >= 0.3 is 0 Å². The van der Waals surface area contributed by atoms with E-state index >= 15 is 0 Å². The maximum absolute atomic E-state index is 13.5.